The number of sulfonamides is 1. The number of hydrogen-bond acceptors (Lipinski definition) is 4. The highest BCUT2D eigenvalue weighted by Gasteiger charge is 2.28. The number of nitrogens with zero attached hydrogens (tertiary/aromatic N) is 3. The summed E-state index contributed by atoms with van der Waals surface area (Å²) in [5, 5.41) is 9.51. The quantitative estimate of drug-likeness (QED) is 0.850. The van der Waals surface area contributed by atoms with E-state index in [-0.39, 0.29) is 6.04 Å². The molecular weight excluding hydrogens is 298 g/mol. The Morgan fingerprint density at radius 1 is 1.05 bits per heavy atom. The van der Waals surface area contributed by atoms with E-state index in [2.05, 4.69) is 32.0 Å². The van der Waals surface area contributed by atoms with Crippen molar-refractivity contribution in [2.45, 2.75) is 25.8 Å². The van der Waals surface area contributed by atoms with E-state index in [1.165, 1.54) is 16.1 Å². The summed E-state index contributed by atoms with van der Waals surface area (Å²) in [6.45, 7) is 6.33. The van der Waals surface area contributed by atoms with Crippen LogP contribution >= 0.6 is 0 Å². The first-order valence-electron chi connectivity index (χ1n) is 7.51. The molecule has 0 saturated carbocycles. The third-order valence-corrected chi connectivity index (χ3v) is 5.45. The Hall–Kier alpha value is -1.42. The molecule has 1 aromatic rings. The maximum Gasteiger partial charge on any atom is 0.211 e. The monoisotopic (exact) mass is 321 g/mol. The normalized spacial score (nSPS) is 19.0. The van der Waals surface area contributed by atoms with Crippen molar-refractivity contribution in [3.8, 4) is 6.07 Å². The molecule has 1 aromatic carbocycles. The van der Waals surface area contributed by atoms with Gasteiger partial charge in [0.25, 0.3) is 0 Å². The zero-order valence-corrected chi connectivity index (χ0v) is 14.2. The van der Waals surface area contributed by atoms with Crippen molar-refractivity contribution in [3.63, 3.8) is 0 Å². The predicted molar refractivity (Wildman–Crippen MR) is 86.9 cm³/mol. The van der Waals surface area contributed by atoms with Gasteiger partial charge in [-0.3, -0.25) is 4.90 Å². The minimum Gasteiger partial charge on any atom is -0.282 e. The lowest BCUT2D eigenvalue weighted by atomic mass is 9.98. The fourth-order valence-electron chi connectivity index (χ4n) is 2.72. The smallest absolute Gasteiger partial charge is 0.211 e. The summed E-state index contributed by atoms with van der Waals surface area (Å²) in [6.07, 6.45) is 1.23. The molecule has 0 bridgehead atoms. The topological polar surface area (TPSA) is 64.4 Å². The van der Waals surface area contributed by atoms with Crippen LogP contribution in [0.15, 0.2) is 24.3 Å². The van der Waals surface area contributed by atoms with Crippen molar-refractivity contribution >= 4 is 10.0 Å². The summed E-state index contributed by atoms with van der Waals surface area (Å²) in [7, 11) is -3.14. The summed E-state index contributed by atoms with van der Waals surface area (Å²) in [5.41, 5.74) is 2.22. The molecule has 1 unspecified atom stereocenters. The largest absolute Gasteiger partial charge is 0.282 e. The minimum atomic E-state index is -3.14. The average molecular weight is 321 g/mol. The maximum absolute atomic E-state index is 11.5. The Labute approximate surface area is 133 Å². The zero-order valence-electron chi connectivity index (χ0n) is 13.4. The van der Waals surface area contributed by atoms with Gasteiger partial charge in [0.2, 0.25) is 10.0 Å². The van der Waals surface area contributed by atoms with Crippen molar-refractivity contribution in [1.29, 1.82) is 5.26 Å². The second-order valence-electron chi connectivity index (χ2n) is 6.05. The fourth-order valence-corrected chi connectivity index (χ4v) is 3.55. The summed E-state index contributed by atoms with van der Waals surface area (Å²) in [6, 6.07) is 10.2. The molecule has 0 N–H and O–H groups in total. The molecule has 0 spiro atoms. The van der Waals surface area contributed by atoms with Crippen LogP contribution in [-0.4, -0.2) is 50.1 Å². The van der Waals surface area contributed by atoms with E-state index in [1.807, 2.05) is 17.0 Å². The Balaban J connectivity index is 2.09. The molecule has 6 heteroatoms. The second-order valence-corrected chi connectivity index (χ2v) is 8.03. The molecule has 1 fully saturated rings. The first-order chi connectivity index (χ1) is 10.3. The number of piperazine rings is 1. The van der Waals surface area contributed by atoms with Gasteiger partial charge in [-0.1, -0.05) is 38.1 Å². The van der Waals surface area contributed by atoms with E-state index in [1.54, 1.807) is 0 Å². The zero-order chi connectivity index (χ0) is 16.3. The van der Waals surface area contributed by atoms with E-state index in [0.29, 0.717) is 32.1 Å². The lowest BCUT2D eigenvalue weighted by Crippen LogP contribution is -2.49. The molecule has 120 valence electrons. The van der Waals surface area contributed by atoms with E-state index >= 15 is 0 Å². The Morgan fingerprint density at radius 3 is 1.95 bits per heavy atom. The molecule has 1 atom stereocenters. The van der Waals surface area contributed by atoms with Crippen LogP contribution in [0, 0.1) is 11.3 Å². The third kappa shape index (κ3) is 3.86. The molecule has 22 heavy (non-hydrogen) atoms. The van der Waals surface area contributed by atoms with Crippen LogP contribution in [0.1, 0.15) is 36.9 Å². The SMILES string of the molecule is CC(C)c1ccc(C(C#N)N2CCN(S(C)(=O)=O)CC2)cc1. The van der Waals surface area contributed by atoms with E-state index in [9.17, 15) is 13.7 Å². The van der Waals surface area contributed by atoms with Gasteiger partial charge in [-0.15, -0.1) is 0 Å². The summed E-state index contributed by atoms with van der Waals surface area (Å²) in [4.78, 5) is 2.05. The Kier molecular flexibility index (Phi) is 5.22. The van der Waals surface area contributed by atoms with Crippen LogP contribution in [0.3, 0.4) is 0 Å². The fraction of sp³-hybridized carbons (Fsp3) is 0.562. The highest BCUT2D eigenvalue weighted by atomic mass is 32.2. The molecule has 0 radical (unpaired) electrons. The van der Waals surface area contributed by atoms with Crippen LogP contribution in [0.4, 0.5) is 0 Å². The third-order valence-electron chi connectivity index (χ3n) is 4.15. The van der Waals surface area contributed by atoms with Gasteiger partial charge in [-0.05, 0) is 17.0 Å². The summed E-state index contributed by atoms with van der Waals surface area (Å²) in [5.74, 6) is 0.466. The molecule has 1 saturated heterocycles. The number of nitriles is 1. The number of benzene rings is 1. The van der Waals surface area contributed by atoms with Gasteiger partial charge in [-0.25, -0.2) is 8.42 Å². The molecule has 0 aromatic heterocycles. The lowest BCUT2D eigenvalue weighted by molar-refractivity contribution is 0.163. The number of rotatable bonds is 4. The van der Waals surface area contributed by atoms with Crippen molar-refractivity contribution in [2.24, 2.45) is 0 Å². The van der Waals surface area contributed by atoms with Crippen LogP contribution in [-0.2, 0) is 10.0 Å². The molecule has 1 aliphatic rings. The Morgan fingerprint density at radius 2 is 1.55 bits per heavy atom. The van der Waals surface area contributed by atoms with Gasteiger partial charge in [0, 0.05) is 26.2 Å². The predicted octanol–water partition coefficient (Wildman–Crippen LogP) is 1.95. The van der Waals surface area contributed by atoms with E-state index in [4.69, 9.17) is 0 Å². The number of hydrogen-bond donors (Lipinski definition) is 0. The maximum atomic E-state index is 11.5. The highest BCUT2D eigenvalue weighted by molar-refractivity contribution is 7.88. The van der Waals surface area contributed by atoms with Crippen molar-refractivity contribution in [3.05, 3.63) is 35.4 Å². The van der Waals surface area contributed by atoms with Gasteiger partial charge >= 0.3 is 0 Å². The Bertz CT molecular complexity index is 639. The van der Waals surface area contributed by atoms with Gasteiger partial charge in [-0.2, -0.15) is 9.57 Å². The molecule has 1 aliphatic heterocycles. The van der Waals surface area contributed by atoms with E-state index < -0.39 is 10.0 Å². The van der Waals surface area contributed by atoms with Gasteiger partial charge < -0.3 is 0 Å². The van der Waals surface area contributed by atoms with Gasteiger partial charge in [0.1, 0.15) is 6.04 Å². The second kappa shape index (κ2) is 6.78. The van der Waals surface area contributed by atoms with Crippen molar-refractivity contribution < 1.29 is 8.42 Å². The summed E-state index contributed by atoms with van der Waals surface area (Å²) >= 11 is 0. The molecule has 2 rings (SSSR count). The van der Waals surface area contributed by atoms with E-state index in [0.717, 1.165) is 5.56 Å². The molecule has 5 nitrogen and oxygen atoms in total. The van der Waals surface area contributed by atoms with Crippen LogP contribution in [0.2, 0.25) is 0 Å². The van der Waals surface area contributed by atoms with Gasteiger partial charge in [0.15, 0.2) is 0 Å². The molecule has 0 amide bonds. The average Bonchev–Trinajstić information content (AvgIpc) is 2.48. The first-order valence-corrected chi connectivity index (χ1v) is 9.36. The summed E-state index contributed by atoms with van der Waals surface area (Å²) < 4.78 is 24.6. The van der Waals surface area contributed by atoms with Gasteiger partial charge in [0.05, 0.1) is 12.3 Å². The standard InChI is InChI=1S/C16H23N3O2S/c1-13(2)14-4-6-15(7-5-14)16(12-17)18-8-10-19(11-9-18)22(3,20)21/h4-7,13,16H,8-11H2,1-3H3. The molecular formula is C16H23N3O2S. The molecule has 1 heterocycles. The first kappa shape index (κ1) is 16.9. The highest BCUT2D eigenvalue weighted by Crippen LogP contribution is 2.24. The minimum absolute atomic E-state index is 0.317. The van der Waals surface area contributed by atoms with Crippen LogP contribution in [0.5, 0.6) is 0 Å². The van der Waals surface area contributed by atoms with Crippen molar-refractivity contribution in [2.75, 3.05) is 32.4 Å². The van der Waals surface area contributed by atoms with Crippen molar-refractivity contribution in [1.82, 2.24) is 9.21 Å². The van der Waals surface area contributed by atoms with Crippen LogP contribution < -0.4 is 0 Å². The van der Waals surface area contributed by atoms with Crippen LogP contribution in [0.25, 0.3) is 0 Å². The lowest BCUT2D eigenvalue weighted by Gasteiger charge is -2.35. The molecule has 0 aliphatic carbocycles.